The second kappa shape index (κ2) is 10.6. The number of nitrogens with zero attached hydrogens (tertiary/aromatic N) is 3. The minimum Gasteiger partial charge on any atom is -0.495 e. The van der Waals surface area contributed by atoms with Gasteiger partial charge in [-0.1, -0.05) is 15.9 Å². The summed E-state index contributed by atoms with van der Waals surface area (Å²) >= 11 is 3.25. The maximum atomic E-state index is 14.3. The van der Waals surface area contributed by atoms with Gasteiger partial charge in [-0.05, 0) is 42.5 Å². The van der Waals surface area contributed by atoms with Gasteiger partial charge in [-0.15, -0.1) is 0 Å². The van der Waals surface area contributed by atoms with Crippen LogP contribution in [0.15, 0.2) is 58.0 Å². The van der Waals surface area contributed by atoms with E-state index in [1.807, 2.05) is 0 Å². The number of hydrogen-bond acceptors (Lipinski definition) is 8. The van der Waals surface area contributed by atoms with Crippen molar-refractivity contribution in [2.75, 3.05) is 13.6 Å². The van der Waals surface area contributed by atoms with Gasteiger partial charge in [-0.25, -0.2) is 31.6 Å². The molecular formula is C28H22BrF3N4O5S. The molecule has 0 unspecified atom stereocenters. The van der Waals surface area contributed by atoms with Gasteiger partial charge in [0.1, 0.15) is 5.75 Å². The maximum absolute atomic E-state index is 14.3. The van der Waals surface area contributed by atoms with E-state index < -0.39 is 53.2 Å². The molecule has 1 fully saturated rings. The van der Waals surface area contributed by atoms with Gasteiger partial charge in [0, 0.05) is 33.6 Å². The van der Waals surface area contributed by atoms with Crippen LogP contribution in [0.25, 0.3) is 22.3 Å². The first-order valence-corrected chi connectivity index (χ1v) is 14.9. The van der Waals surface area contributed by atoms with Crippen molar-refractivity contribution in [3.05, 3.63) is 75.6 Å². The van der Waals surface area contributed by atoms with Crippen molar-refractivity contribution in [3.63, 3.8) is 0 Å². The number of halogens is 4. The number of nitrogens with one attached hydrogen (secondary N) is 1. The minimum absolute atomic E-state index is 0.0199. The van der Waals surface area contributed by atoms with Crippen molar-refractivity contribution in [1.82, 2.24) is 20.3 Å². The fraction of sp³-hybridized carbons (Fsp3) is 0.286. The quantitative estimate of drug-likeness (QED) is 0.302. The van der Waals surface area contributed by atoms with E-state index in [4.69, 9.17) is 13.6 Å². The average molecular weight is 666 g/mol. The molecule has 4 heterocycles. The lowest BCUT2D eigenvalue weighted by molar-refractivity contribution is 0.0946. The van der Waals surface area contributed by atoms with Crippen molar-refractivity contribution in [2.24, 2.45) is 0 Å². The van der Waals surface area contributed by atoms with E-state index in [1.54, 1.807) is 18.2 Å². The minimum atomic E-state index is -4.37. The van der Waals surface area contributed by atoms with E-state index in [2.05, 4.69) is 36.2 Å². The number of rotatable bonds is 6. The maximum Gasteiger partial charge on any atom is 0.257 e. The molecule has 14 heteroatoms. The summed E-state index contributed by atoms with van der Waals surface area (Å²) in [6.07, 6.45) is 1.05. The Hall–Kier alpha value is -3.62. The van der Waals surface area contributed by atoms with Gasteiger partial charge in [0.2, 0.25) is 15.3 Å². The topological polar surface area (TPSA) is 120 Å². The standard InChI is InChI=1S/C28H22BrF3N4O5S/c1-40-23-5-4-21(36-26(23)18-9-28(18,31)32)20-3-2-14-10-33-16(8-22(14)35-20)11-34-27(37)15-6-19(29)17-12-41-13-25(30)42(38,39)24(17)7-15/h2-8,10,18,25H,9,11-13H2,1H3,(H,34,37)/t18-,25-/m1/s1/i1D3. The molecule has 1 N–H and O–H groups in total. The number of alkyl halides is 3. The first-order valence-electron chi connectivity index (χ1n) is 14.0. The summed E-state index contributed by atoms with van der Waals surface area (Å²) in [4.78, 5) is 25.8. The number of aromatic nitrogens is 3. The molecular weight excluding hydrogens is 641 g/mol. The Morgan fingerprint density at radius 1 is 1.21 bits per heavy atom. The number of carbonyl (C=O) groups excluding carboxylic acids is 1. The Balaban J connectivity index is 1.24. The largest absolute Gasteiger partial charge is 0.495 e. The Labute approximate surface area is 250 Å². The van der Waals surface area contributed by atoms with Crippen molar-refractivity contribution >= 4 is 42.6 Å². The van der Waals surface area contributed by atoms with E-state index >= 15 is 0 Å². The van der Waals surface area contributed by atoms with E-state index in [9.17, 15) is 26.4 Å². The second-order valence-corrected chi connectivity index (χ2v) is 12.7. The zero-order valence-corrected chi connectivity index (χ0v) is 23.8. The molecule has 218 valence electrons. The van der Waals surface area contributed by atoms with E-state index in [0.717, 1.165) is 6.07 Å². The Morgan fingerprint density at radius 3 is 2.74 bits per heavy atom. The van der Waals surface area contributed by atoms with E-state index in [0.29, 0.717) is 22.3 Å². The zero-order chi connectivity index (χ0) is 32.3. The molecule has 1 aromatic carbocycles. The molecule has 6 rings (SSSR count). The molecule has 0 bridgehead atoms. The molecule has 1 aliphatic carbocycles. The smallest absolute Gasteiger partial charge is 0.257 e. The number of hydrogen-bond donors (Lipinski definition) is 1. The first-order chi connectivity index (χ1) is 21.1. The van der Waals surface area contributed by atoms with Gasteiger partial charge in [-0.2, -0.15) is 0 Å². The highest BCUT2D eigenvalue weighted by molar-refractivity contribution is 9.10. The van der Waals surface area contributed by atoms with Crippen molar-refractivity contribution in [2.45, 2.75) is 41.8 Å². The lowest BCUT2D eigenvalue weighted by Gasteiger charge is -2.12. The van der Waals surface area contributed by atoms with E-state index in [-0.39, 0.29) is 50.8 Å². The van der Waals surface area contributed by atoms with Gasteiger partial charge in [0.25, 0.3) is 11.8 Å². The Bertz CT molecular complexity index is 1970. The Kier molecular flexibility index (Phi) is 6.28. The monoisotopic (exact) mass is 665 g/mol. The van der Waals surface area contributed by atoms with Gasteiger partial charge in [0.05, 0.1) is 70.0 Å². The number of methoxy groups -OCH3 is 1. The van der Waals surface area contributed by atoms with Gasteiger partial charge in [0.15, 0.2) is 0 Å². The van der Waals surface area contributed by atoms with Crippen LogP contribution in [-0.4, -0.2) is 54.3 Å². The van der Waals surface area contributed by atoms with Crippen molar-refractivity contribution in [3.8, 4) is 17.1 Å². The van der Waals surface area contributed by atoms with Crippen LogP contribution in [0.2, 0.25) is 0 Å². The third-order valence-electron chi connectivity index (χ3n) is 7.03. The summed E-state index contributed by atoms with van der Waals surface area (Å²) in [7, 11) is -7.22. The van der Waals surface area contributed by atoms with Crippen LogP contribution < -0.4 is 10.1 Å². The number of ether oxygens (including phenoxy) is 2. The molecule has 3 aromatic heterocycles. The van der Waals surface area contributed by atoms with Gasteiger partial charge < -0.3 is 14.8 Å². The van der Waals surface area contributed by atoms with Gasteiger partial charge in [-0.3, -0.25) is 9.78 Å². The average Bonchev–Trinajstić information content (AvgIpc) is 3.64. The molecule has 2 aliphatic rings. The SMILES string of the molecule is [2H]C([2H])([2H])Oc1ccc(-c2ccc3cnc(CNC(=O)c4cc(Br)c5c(c4)S(=O)(=O)[C@@H](F)COC5)cc3n2)nc1[C@H]1CC1(F)F. The van der Waals surface area contributed by atoms with Crippen LogP contribution in [0.3, 0.4) is 0 Å². The summed E-state index contributed by atoms with van der Waals surface area (Å²) in [6, 6.07) is 10.2. The third-order valence-corrected chi connectivity index (χ3v) is 9.52. The molecule has 1 saturated carbocycles. The molecule has 1 aliphatic heterocycles. The highest BCUT2D eigenvalue weighted by atomic mass is 79.9. The highest BCUT2D eigenvalue weighted by Gasteiger charge is 2.59. The summed E-state index contributed by atoms with van der Waals surface area (Å²) in [5, 5.41) is 3.29. The normalized spacial score (nSPS) is 21.8. The molecule has 9 nitrogen and oxygen atoms in total. The molecule has 1 amide bonds. The predicted molar refractivity (Wildman–Crippen MR) is 149 cm³/mol. The predicted octanol–water partition coefficient (Wildman–Crippen LogP) is 5.12. The molecule has 0 spiro atoms. The third kappa shape index (κ3) is 5.22. The summed E-state index contributed by atoms with van der Waals surface area (Å²) in [5.74, 6) is -5.18. The summed E-state index contributed by atoms with van der Waals surface area (Å²) in [6.45, 7) is -0.832. The van der Waals surface area contributed by atoms with Crippen molar-refractivity contribution in [1.29, 1.82) is 0 Å². The fourth-order valence-electron chi connectivity index (χ4n) is 4.64. The number of sulfone groups is 1. The molecule has 2 atom stereocenters. The van der Waals surface area contributed by atoms with Crippen LogP contribution in [-0.2, 0) is 27.7 Å². The van der Waals surface area contributed by atoms with E-state index in [1.165, 1.54) is 24.4 Å². The van der Waals surface area contributed by atoms with Crippen LogP contribution in [0.5, 0.6) is 5.75 Å². The van der Waals surface area contributed by atoms with Crippen LogP contribution in [0.1, 0.15) is 43.8 Å². The van der Waals surface area contributed by atoms with Crippen LogP contribution in [0.4, 0.5) is 13.2 Å². The van der Waals surface area contributed by atoms with Crippen molar-refractivity contribution < 1.29 is 40.0 Å². The fourth-order valence-corrected chi connectivity index (χ4v) is 6.70. The number of benzene rings is 1. The lowest BCUT2D eigenvalue weighted by atomic mass is 10.1. The second-order valence-electron chi connectivity index (χ2n) is 9.85. The van der Waals surface area contributed by atoms with Crippen LogP contribution in [0, 0.1) is 0 Å². The van der Waals surface area contributed by atoms with Gasteiger partial charge >= 0.3 is 0 Å². The van der Waals surface area contributed by atoms with Crippen LogP contribution >= 0.6 is 15.9 Å². The zero-order valence-electron chi connectivity index (χ0n) is 24.4. The molecule has 42 heavy (non-hydrogen) atoms. The highest BCUT2D eigenvalue weighted by Crippen LogP contribution is 2.57. The summed E-state index contributed by atoms with van der Waals surface area (Å²) in [5.41, 5.74) is -0.843. The number of fused-ring (bicyclic) bond motifs is 2. The molecule has 4 aromatic rings. The first kappa shape index (κ1) is 24.9. The number of amides is 1. The molecule has 0 saturated heterocycles. The molecule has 0 radical (unpaired) electrons. The summed E-state index contributed by atoms with van der Waals surface area (Å²) < 4.78 is 99.8. The number of pyridine rings is 3. The lowest BCUT2D eigenvalue weighted by Crippen LogP contribution is -2.24. The number of carbonyl (C=O) groups is 1. The Morgan fingerprint density at radius 2 is 1.98 bits per heavy atom.